The molecule has 0 saturated carbocycles. The Morgan fingerprint density at radius 3 is 2.22 bits per heavy atom. The summed E-state index contributed by atoms with van der Waals surface area (Å²) in [6.07, 6.45) is 0.897. The summed E-state index contributed by atoms with van der Waals surface area (Å²) in [5, 5.41) is 4.09. The predicted octanol–water partition coefficient (Wildman–Crippen LogP) is 3.81. The molecule has 18 heavy (non-hydrogen) atoms. The molecule has 0 aliphatic rings. The lowest BCUT2D eigenvalue weighted by atomic mass is 9.97. The van der Waals surface area contributed by atoms with E-state index >= 15 is 0 Å². The van der Waals surface area contributed by atoms with Gasteiger partial charge in [-0.3, -0.25) is 4.79 Å². The van der Waals surface area contributed by atoms with E-state index in [1.807, 2.05) is 42.5 Å². The van der Waals surface area contributed by atoms with Crippen molar-refractivity contribution in [2.24, 2.45) is 0 Å². The first-order valence-electron chi connectivity index (χ1n) is 5.79. The van der Waals surface area contributed by atoms with Gasteiger partial charge in [0.05, 0.1) is 7.11 Å². The molecule has 0 heterocycles. The lowest BCUT2D eigenvalue weighted by molar-refractivity contribution is 0.112. The number of methoxy groups -OCH3 is 1. The van der Waals surface area contributed by atoms with Crippen LogP contribution in [0, 0.1) is 0 Å². The summed E-state index contributed by atoms with van der Waals surface area (Å²) in [6.45, 7) is 0. The molecule has 2 nitrogen and oxygen atoms in total. The Balaban J connectivity index is 2.62. The Morgan fingerprint density at radius 2 is 1.56 bits per heavy atom. The van der Waals surface area contributed by atoms with Gasteiger partial charge >= 0.3 is 0 Å². The van der Waals surface area contributed by atoms with E-state index in [9.17, 15) is 4.79 Å². The molecule has 2 heteroatoms. The van der Waals surface area contributed by atoms with Gasteiger partial charge in [-0.2, -0.15) is 0 Å². The summed E-state index contributed by atoms with van der Waals surface area (Å²) in [7, 11) is 1.65. The number of fused-ring (bicyclic) bond motifs is 3. The number of benzene rings is 3. The minimum Gasteiger partial charge on any atom is -0.496 e. The third-order valence-corrected chi connectivity index (χ3v) is 3.23. The molecule has 0 aliphatic heterocycles. The van der Waals surface area contributed by atoms with E-state index in [0.29, 0.717) is 5.56 Å². The molecular weight excluding hydrogens is 224 g/mol. The molecule has 3 rings (SSSR count). The molecule has 3 aromatic carbocycles. The molecule has 0 aromatic heterocycles. The lowest BCUT2D eigenvalue weighted by Crippen LogP contribution is -1.89. The zero-order valence-electron chi connectivity index (χ0n) is 10.0. The maximum absolute atomic E-state index is 11.2. The number of carbonyl (C=O) groups is 1. The van der Waals surface area contributed by atoms with Gasteiger partial charge in [0.1, 0.15) is 5.75 Å². The molecule has 0 saturated heterocycles. The molecule has 0 atom stereocenters. The predicted molar refractivity (Wildman–Crippen MR) is 73.4 cm³/mol. The summed E-state index contributed by atoms with van der Waals surface area (Å²) < 4.78 is 5.42. The van der Waals surface area contributed by atoms with Crippen molar-refractivity contribution >= 4 is 27.8 Å². The van der Waals surface area contributed by atoms with Crippen LogP contribution in [0.25, 0.3) is 21.5 Å². The second-order valence-corrected chi connectivity index (χ2v) is 4.19. The van der Waals surface area contributed by atoms with Gasteiger partial charge in [-0.25, -0.2) is 0 Å². The largest absolute Gasteiger partial charge is 0.496 e. The van der Waals surface area contributed by atoms with Gasteiger partial charge in [-0.05, 0) is 16.8 Å². The normalized spacial score (nSPS) is 10.7. The highest BCUT2D eigenvalue weighted by atomic mass is 16.5. The molecule has 3 aromatic rings. The quantitative estimate of drug-likeness (QED) is 0.499. The zero-order chi connectivity index (χ0) is 12.5. The monoisotopic (exact) mass is 236 g/mol. The van der Waals surface area contributed by atoms with Crippen molar-refractivity contribution in [3.8, 4) is 5.75 Å². The van der Waals surface area contributed by atoms with Crippen LogP contribution in [-0.4, -0.2) is 13.4 Å². The average molecular weight is 236 g/mol. The first-order valence-corrected chi connectivity index (χ1v) is 5.79. The summed E-state index contributed by atoms with van der Waals surface area (Å²) in [6, 6.07) is 15.7. The zero-order valence-corrected chi connectivity index (χ0v) is 10.0. The summed E-state index contributed by atoms with van der Waals surface area (Å²) in [5.41, 5.74) is 0.697. The van der Waals surface area contributed by atoms with Crippen LogP contribution >= 0.6 is 0 Å². The number of aldehydes is 1. The van der Waals surface area contributed by atoms with Gasteiger partial charge in [-0.1, -0.05) is 42.5 Å². The van der Waals surface area contributed by atoms with Crippen LogP contribution in [0.5, 0.6) is 5.75 Å². The molecule has 0 fully saturated rings. The van der Waals surface area contributed by atoms with Gasteiger partial charge in [-0.15, -0.1) is 0 Å². The van der Waals surface area contributed by atoms with Gasteiger partial charge in [0.25, 0.3) is 0 Å². The van der Waals surface area contributed by atoms with Crippen LogP contribution in [0.15, 0.2) is 48.5 Å². The van der Waals surface area contributed by atoms with Crippen LogP contribution in [0.4, 0.5) is 0 Å². The van der Waals surface area contributed by atoms with Crippen molar-refractivity contribution < 1.29 is 9.53 Å². The minimum absolute atomic E-state index is 0.697. The van der Waals surface area contributed by atoms with Crippen LogP contribution in [0.3, 0.4) is 0 Å². The van der Waals surface area contributed by atoms with E-state index in [2.05, 4.69) is 6.07 Å². The fourth-order valence-corrected chi connectivity index (χ4v) is 2.42. The maximum atomic E-state index is 11.2. The number of carbonyl (C=O) groups excluding carboxylic acids is 1. The van der Waals surface area contributed by atoms with Gasteiger partial charge in [0.2, 0.25) is 0 Å². The highest BCUT2D eigenvalue weighted by Crippen LogP contribution is 2.34. The second-order valence-electron chi connectivity index (χ2n) is 4.19. The molecule has 0 bridgehead atoms. The SMILES string of the molecule is COc1cccc2ccc3cccc(C=O)c3c12. The highest BCUT2D eigenvalue weighted by Gasteiger charge is 2.09. The number of hydrogen-bond donors (Lipinski definition) is 0. The third-order valence-electron chi connectivity index (χ3n) is 3.23. The van der Waals surface area contributed by atoms with Crippen molar-refractivity contribution in [3.63, 3.8) is 0 Å². The van der Waals surface area contributed by atoms with Gasteiger partial charge in [0.15, 0.2) is 6.29 Å². The number of hydrogen-bond acceptors (Lipinski definition) is 2. The van der Waals surface area contributed by atoms with Crippen molar-refractivity contribution in [1.82, 2.24) is 0 Å². The number of ether oxygens (including phenoxy) is 1. The fourth-order valence-electron chi connectivity index (χ4n) is 2.42. The second kappa shape index (κ2) is 4.15. The van der Waals surface area contributed by atoms with E-state index in [4.69, 9.17) is 4.74 Å². The summed E-state index contributed by atoms with van der Waals surface area (Å²) in [4.78, 5) is 11.2. The van der Waals surface area contributed by atoms with E-state index in [1.54, 1.807) is 7.11 Å². The van der Waals surface area contributed by atoms with Crippen molar-refractivity contribution in [2.75, 3.05) is 7.11 Å². The Hall–Kier alpha value is -2.35. The molecule has 0 spiro atoms. The lowest BCUT2D eigenvalue weighted by Gasteiger charge is -2.10. The summed E-state index contributed by atoms with van der Waals surface area (Å²) >= 11 is 0. The highest BCUT2D eigenvalue weighted by molar-refractivity contribution is 6.16. The first kappa shape index (κ1) is 10.8. The minimum atomic E-state index is 0.697. The number of rotatable bonds is 2. The van der Waals surface area contributed by atoms with Crippen LogP contribution in [-0.2, 0) is 0 Å². The maximum Gasteiger partial charge on any atom is 0.150 e. The Labute approximate surface area is 105 Å². The Kier molecular flexibility index (Phi) is 2.49. The smallest absolute Gasteiger partial charge is 0.150 e. The van der Waals surface area contributed by atoms with E-state index in [-0.39, 0.29) is 0 Å². The van der Waals surface area contributed by atoms with Gasteiger partial charge in [0, 0.05) is 16.3 Å². The Morgan fingerprint density at radius 1 is 0.889 bits per heavy atom. The van der Waals surface area contributed by atoms with E-state index in [1.165, 1.54) is 0 Å². The molecular formula is C16H12O2. The third kappa shape index (κ3) is 1.46. The summed E-state index contributed by atoms with van der Waals surface area (Å²) in [5.74, 6) is 0.799. The molecule has 0 unspecified atom stereocenters. The molecule has 88 valence electrons. The van der Waals surface area contributed by atoms with E-state index in [0.717, 1.165) is 33.6 Å². The van der Waals surface area contributed by atoms with Gasteiger partial charge < -0.3 is 4.74 Å². The average Bonchev–Trinajstić information content (AvgIpc) is 2.45. The molecule has 0 N–H and O–H groups in total. The topological polar surface area (TPSA) is 26.3 Å². The standard InChI is InChI=1S/C16H12O2/c1-18-14-7-3-5-12-9-8-11-4-2-6-13(10-17)15(11)16(12)14/h2-10H,1H3. The van der Waals surface area contributed by atoms with Crippen LogP contribution in [0.1, 0.15) is 10.4 Å². The van der Waals surface area contributed by atoms with Crippen LogP contribution in [0.2, 0.25) is 0 Å². The molecule has 0 radical (unpaired) electrons. The van der Waals surface area contributed by atoms with Crippen molar-refractivity contribution in [3.05, 3.63) is 54.1 Å². The van der Waals surface area contributed by atoms with Crippen LogP contribution < -0.4 is 4.74 Å². The van der Waals surface area contributed by atoms with E-state index < -0.39 is 0 Å². The Bertz CT molecular complexity index is 745. The fraction of sp³-hybridized carbons (Fsp3) is 0.0625. The molecule has 0 aliphatic carbocycles. The first-order chi connectivity index (χ1) is 8.85. The molecule has 0 amide bonds. The van der Waals surface area contributed by atoms with Crippen molar-refractivity contribution in [1.29, 1.82) is 0 Å². The van der Waals surface area contributed by atoms with Crippen molar-refractivity contribution in [2.45, 2.75) is 0 Å².